The molecule has 1 aromatic carbocycles. The lowest BCUT2D eigenvalue weighted by Gasteiger charge is -2.13. The summed E-state index contributed by atoms with van der Waals surface area (Å²) in [6.07, 6.45) is 2.15. The van der Waals surface area contributed by atoms with Gasteiger partial charge < -0.3 is 4.74 Å². The summed E-state index contributed by atoms with van der Waals surface area (Å²) in [7, 11) is 3.11. The number of hydrogen-bond donors (Lipinski definition) is 0. The van der Waals surface area contributed by atoms with Crippen LogP contribution in [-0.4, -0.2) is 31.7 Å². The number of hydroxylamine groups is 2. The van der Waals surface area contributed by atoms with Gasteiger partial charge in [-0.3, -0.25) is 9.63 Å². The predicted molar refractivity (Wildman–Crippen MR) is 75.0 cm³/mol. The van der Waals surface area contributed by atoms with Crippen LogP contribution in [0.1, 0.15) is 30.4 Å². The summed E-state index contributed by atoms with van der Waals surface area (Å²) in [5.41, 5.74) is 2.33. The third kappa shape index (κ3) is 5.30. The molecule has 0 aliphatic rings. The first-order valence-corrected chi connectivity index (χ1v) is 6.55. The van der Waals surface area contributed by atoms with Crippen molar-refractivity contribution in [2.45, 2.75) is 33.1 Å². The molecule has 0 radical (unpaired) electrons. The average molecular weight is 265 g/mol. The van der Waals surface area contributed by atoms with Crippen molar-refractivity contribution in [1.29, 1.82) is 0 Å². The molecule has 0 fully saturated rings. The molecule has 1 amide bonds. The number of benzene rings is 1. The van der Waals surface area contributed by atoms with Crippen molar-refractivity contribution in [3.8, 4) is 5.75 Å². The second-order valence-corrected chi connectivity index (χ2v) is 4.65. The Kier molecular flexibility index (Phi) is 6.36. The van der Waals surface area contributed by atoms with Crippen molar-refractivity contribution in [2.24, 2.45) is 0 Å². The largest absolute Gasteiger partial charge is 0.493 e. The zero-order valence-corrected chi connectivity index (χ0v) is 12.2. The molecule has 0 saturated heterocycles. The molecule has 0 aromatic heterocycles. The number of carbonyl (C=O) groups excluding carboxylic acids is 1. The fourth-order valence-electron chi connectivity index (χ4n) is 1.68. The highest BCUT2D eigenvalue weighted by atomic mass is 16.7. The zero-order chi connectivity index (χ0) is 14.3. The third-order valence-corrected chi connectivity index (χ3v) is 3.01. The lowest BCUT2D eigenvalue weighted by molar-refractivity contribution is -0.168. The van der Waals surface area contributed by atoms with Crippen molar-refractivity contribution in [3.05, 3.63) is 29.3 Å². The van der Waals surface area contributed by atoms with Gasteiger partial charge in [-0.15, -0.1) is 0 Å². The van der Waals surface area contributed by atoms with Gasteiger partial charge in [-0.25, -0.2) is 5.06 Å². The maximum atomic E-state index is 11.5. The normalized spacial score (nSPS) is 10.3. The topological polar surface area (TPSA) is 38.8 Å². The van der Waals surface area contributed by atoms with E-state index in [1.165, 1.54) is 17.7 Å². The van der Waals surface area contributed by atoms with Gasteiger partial charge in [0.05, 0.1) is 13.7 Å². The van der Waals surface area contributed by atoms with Gasteiger partial charge in [-0.2, -0.15) is 0 Å². The summed E-state index contributed by atoms with van der Waals surface area (Å²) in [4.78, 5) is 16.3. The van der Waals surface area contributed by atoms with Crippen molar-refractivity contribution in [1.82, 2.24) is 5.06 Å². The molecular formula is C15H23NO3. The minimum atomic E-state index is -0.00534. The molecule has 106 valence electrons. The van der Waals surface area contributed by atoms with Crippen LogP contribution in [0.3, 0.4) is 0 Å². The Labute approximate surface area is 115 Å². The minimum absolute atomic E-state index is 0.00534. The Morgan fingerprint density at radius 2 is 2.00 bits per heavy atom. The monoisotopic (exact) mass is 265 g/mol. The van der Waals surface area contributed by atoms with Crippen LogP contribution in [0, 0.1) is 13.8 Å². The van der Waals surface area contributed by atoms with E-state index in [9.17, 15) is 4.79 Å². The molecule has 1 aromatic rings. The Morgan fingerprint density at radius 1 is 1.26 bits per heavy atom. The summed E-state index contributed by atoms with van der Waals surface area (Å²) in [6, 6.07) is 6.17. The zero-order valence-electron chi connectivity index (χ0n) is 12.2. The number of carbonyl (C=O) groups is 1. The summed E-state index contributed by atoms with van der Waals surface area (Å²) in [5.74, 6) is 0.926. The summed E-state index contributed by atoms with van der Waals surface area (Å²) in [6.45, 7) is 4.71. The number of unbranched alkanes of at least 4 members (excludes halogenated alkanes) is 1. The second-order valence-electron chi connectivity index (χ2n) is 4.65. The van der Waals surface area contributed by atoms with Crippen LogP contribution in [0.2, 0.25) is 0 Å². The van der Waals surface area contributed by atoms with Crippen molar-refractivity contribution >= 4 is 5.91 Å². The highest BCUT2D eigenvalue weighted by molar-refractivity contribution is 5.74. The molecule has 0 unspecified atom stereocenters. The van der Waals surface area contributed by atoms with Crippen LogP contribution < -0.4 is 4.74 Å². The molecule has 0 aliphatic carbocycles. The average Bonchev–Trinajstić information content (AvgIpc) is 2.40. The molecule has 4 heteroatoms. The quantitative estimate of drug-likeness (QED) is 0.562. The maximum absolute atomic E-state index is 11.5. The van der Waals surface area contributed by atoms with E-state index in [0.717, 1.165) is 24.2 Å². The standard InChI is InChI=1S/C15H23NO3/c1-12-8-9-13(2)14(11-12)19-10-6-5-7-15(17)16(3)18-4/h8-9,11H,5-7,10H2,1-4H3. The van der Waals surface area contributed by atoms with E-state index in [0.29, 0.717) is 13.0 Å². The van der Waals surface area contributed by atoms with Crippen molar-refractivity contribution in [3.63, 3.8) is 0 Å². The number of hydrogen-bond acceptors (Lipinski definition) is 3. The lowest BCUT2D eigenvalue weighted by Crippen LogP contribution is -2.25. The molecule has 19 heavy (non-hydrogen) atoms. The van der Waals surface area contributed by atoms with Gasteiger partial charge in [0.2, 0.25) is 5.91 Å². The molecule has 0 spiro atoms. The summed E-state index contributed by atoms with van der Waals surface area (Å²) < 4.78 is 5.73. The molecule has 1 rings (SSSR count). The van der Waals surface area contributed by atoms with Gasteiger partial charge in [0.15, 0.2) is 0 Å². The third-order valence-electron chi connectivity index (χ3n) is 3.01. The SMILES string of the molecule is CON(C)C(=O)CCCCOc1cc(C)ccc1C. The van der Waals surface area contributed by atoms with E-state index in [-0.39, 0.29) is 5.91 Å². The Balaban J connectivity index is 2.24. The van der Waals surface area contributed by atoms with Crippen LogP contribution >= 0.6 is 0 Å². The van der Waals surface area contributed by atoms with Gasteiger partial charge >= 0.3 is 0 Å². The second kappa shape index (κ2) is 7.79. The summed E-state index contributed by atoms with van der Waals surface area (Å²) >= 11 is 0. The first-order valence-electron chi connectivity index (χ1n) is 6.55. The van der Waals surface area contributed by atoms with Crippen LogP contribution in [-0.2, 0) is 9.63 Å². The number of aryl methyl sites for hydroxylation is 2. The van der Waals surface area contributed by atoms with Crippen LogP contribution in [0.25, 0.3) is 0 Å². The molecule has 0 saturated carbocycles. The van der Waals surface area contributed by atoms with Crippen LogP contribution in [0.5, 0.6) is 5.75 Å². The minimum Gasteiger partial charge on any atom is -0.493 e. The van der Waals surface area contributed by atoms with E-state index in [2.05, 4.69) is 12.1 Å². The fraction of sp³-hybridized carbons (Fsp3) is 0.533. The number of amides is 1. The summed E-state index contributed by atoms with van der Waals surface area (Å²) in [5, 5.41) is 1.26. The van der Waals surface area contributed by atoms with Crippen LogP contribution in [0.4, 0.5) is 0 Å². The van der Waals surface area contributed by atoms with Gasteiger partial charge in [0.1, 0.15) is 5.75 Å². The smallest absolute Gasteiger partial charge is 0.245 e. The van der Waals surface area contributed by atoms with Gasteiger partial charge in [0.25, 0.3) is 0 Å². The maximum Gasteiger partial charge on any atom is 0.245 e. The van der Waals surface area contributed by atoms with Gasteiger partial charge in [-0.1, -0.05) is 12.1 Å². The first-order chi connectivity index (χ1) is 9.04. The van der Waals surface area contributed by atoms with E-state index >= 15 is 0 Å². The van der Waals surface area contributed by atoms with E-state index in [4.69, 9.17) is 9.57 Å². The molecule has 0 heterocycles. The number of rotatable bonds is 7. The molecule has 0 atom stereocenters. The first kappa shape index (κ1) is 15.5. The van der Waals surface area contributed by atoms with E-state index < -0.39 is 0 Å². The molecule has 0 aliphatic heterocycles. The Hall–Kier alpha value is -1.55. The van der Waals surface area contributed by atoms with Gasteiger partial charge in [0, 0.05) is 13.5 Å². The lowest BCUT2D eigenvalue weighted by atomic mass is 10.1. The molecule has 0 bridgehead atoms. The van der Waals surface area contributed by atoms with Crippen molar-refractivity contribution < 1.29 is 14.4 Å². The van der Waals surface area contributed by atoms with Gasteiger partial charge in [-0.05, 0) is 43.9 Å². The molecule has 0 N–H and O–H groups in total. The number of nitrogens with zero attached hydrogens (tertiary/aromatic N) is 1. The molecule has 4 nitrogen and oxygen atoms in total. The number of ether oxygens (including phenoxy) is 1. The molecular weight excluding hydrogens is 242 g/mol. The Bertz CT molecular complexity index is 418. The highest BCUT2D eigenvalue weighted by Gasteiger charge is 2.07. The van der Waals surface area contributed by atoms with E-state index in [1.807, 2.05) is 19.9 Å². The van der Waals surface area contributed by atoms with Crippen LogP contribution in [0.15, 0.2) is 18.2 Å². The fourth-order valence-corrected chi connectivity index (χ4v) is 1.68. The Morgan fingerprint density at radius 3 is 2.68 bits per heavy atom. The predicted octanol–water partition coefficient (Wildman–Crippen LogP) is 2.87. The van der Waals surface area contributed by atoms with E-state index in [1.54, 1.807) is 7.05 Å². The van der Waals surface area contributed by atoms with Crippen molar-refractivity contribution in [2.75, 3.05) is 20.8 Å². The highest BCUT2D eigenvalue weighted by Crippen LogP contribution is 2.19.